The van der Waals surface area contributed by atoms with Crippen molar-refractivity contribution in [2.24, 2.45) is 0 Å². The summed E-state index contributed by atoms with van der Waals surface area (Å²) in [5.41, 5.74) is 7.86. The van der Waals surface area contributed by atoms with E-state index in [1.54, 1.807) is 0 Å². The van der Waals surface area contributed by atoms with Crippen molar-refractivity contribution >= 4 is 0 Å². The van der Waals surface area contributed by atoms with Crippen molar-refractivity contribution in [3.05, 3.63) is 58.7 Å². The van der Waals surface area contributed by atoms with Gasteiger partial charge in [-0.1, -0.05) is 114 Å². The Balaban J connectivity index is 1.57. The molecule has 2 aromatic rings. The van der Waals surface area contributed by atoms with Crippen LogP contribution in [0.25, 0.3) is 11.1 Å². The summed E-state index contributed by atoms with van der Waals surface area (Å²) in [6.45, 7) is 4.54. The summed E-state index contributed by atoms with van der Waals surface area (Å²) < 4.78 is 0. The summed E-state index contributed by atoms with van der Waals surface area (Å²) in [5, 5.41) is 10.9. The molecule has 170 valence electrons. The summed E-state index contributed by atoms with van der Waals surface area (Å²) in [5.74, 6) is 0. The van der Waals surface area contributed by atoms with Crippen molar-refractivity contribution in [2.75, 3.05) is 0 Å². The molecular formula is C30H44O. The predicted octanol–water partition coefficient (Wildman–Crippen LogP) is 8.75. The van der Waals surface area contributed by atoms with Crippen LogP contribution in [0.15, 0.2) is 36.4 Å². The van der Waals surface area contributed by atoms with Gasteiger partial charge in [0.25, 0.3) is 0 Å². The van der Waals surface area contributed by atoms with E-state index in [0.717, 1.165) is 18.4 Å². The Kier molecular flexibility index (Phi) is 10.1. The van der Waals surface area contributed by atoms with Gasteiger partial charge in [-0.25, -0.2) is 0 Å². The van der Waals surface area contributed by atoms with Gasteiger partial charge in [0.2, 0.25) is 0 Å². The monoisotopic (exact) mass is 420 g/mol. The fraction of sp³-hybridized carbons (Fsp3) is 0.600. The van der Waals surface area contributed by atoms with E-state index in [2.05, 4.69) is 50.2 Å². The lowest BCUT2D eigenvalue weighted by Crippen LogP contribution is -2.11. The van der Waals surface area contributed by atoms with E-state index in [4.69, 9.17) is 0 Å². The first-order valence-electron chi connectivity index (χ1n) is 13.2. The van der Waals surface area contributed by atoms with Gasteiger partial charge >= 0.3 is 0 Å². The van der Waals surface area contributed by atoms with Crippen molar-refractivity contribution in [3.8, 4) is 11.1 Å². The van der Waals surface area contributed by atoms with Gasteiger partial charge in [-0.2, -0.15) is 0 Å². The quantitative estimate of drug-likeness (QED) is 0.303. The second-order valence-electron chi connectivity index (χ2n) is 9.67. The van der Waals surface area contributed by atoms with Gasteiger partial charge in [-0.3, -0.25) is 0 Å². The highest BCUT2D eigenvalue weighted by Gasteiger charge is 2.23. The molecule has 1 nitrogen and oxygen atoms in total. The molecule has 0 amide bonds. The summed E-state index contributed by atoms with van der Waals surface area (Å²) in [6.07, 6.45) is 18.7. The zero-order chi connectivity index (χ0) is 21.9. The molecule has 3 rings (SSSR count). The van der Waals surface area contributed by atoms with Gasteiger partial charge in [-0.05, 0) is 59.1 Å². The third kappa shape index (κ3) is 7.21. The molecule has 1 heteroatoms. The molecule has 1 atom stereocenters. The Morgan fingerprint density at radius 2 is 1.16 bits per heavy atom. The Morgan fingerprint density at radius 3 is 1.77 bits per heavy atom. The Bertz CT molecular complexity index is 791. The highest BCUT2D eigenvalue weighted by atomic mass is 16.3. The average molecular weight is 421 g/mol. The van der Waals surface area contributed by atoms with Crippen molar-refractivity contribution < 1.29 is 5.11 Å². The Labute approximate surface area is 191 Å². The van der Waals surface area contributed by atoms with Crippen molar-refractivity contribution in [1.82, 2.24) is 0 Å². The number of unbranched alkanes of at least 4 members (excludes halogenated alkanes) is 10. The van der Waals surface area contributed by atoms with Crippen LogP contribution in [-0.2, 0) is 19.3 Å². The van der Waals surface area contributed by atoms with Crippen molar-refractivity contribution in [2.45, 2.75) is 116 Å². The van der Waals surface area contributed by atoms with Crippen LogP contribution in [-0.4, -0.2) is 5.11 Å². The topological polar surface area (TPSA) is 20.2 Å². The van der Waals surface area contributed by atoms with E-state index >= 15 is 0 Å². The molecule has 2 aromatic carbocycles. The first kappa shape index (κ1) is 24.1. The lowest BCUT2D eigenvalue weighted by molar-refractivity contribution is 0.177. The first-order chi connectivity index (χ1) is 15.2. The van der Waals surface area contributed by atoms with Crippen LogP contribution in [0.3, 0.4) is 0 Å². The maximum atomic E-state index is 10.9. The molecule has 0 saturated heterocycles. The number of hydrogen-bond donors (Lipinski definition) is 1. The van der Waals surface area contributed by atoms with E-state index in [1.807, 2.05) is 0 Å². The summed E-state index contributed by atoms with van der Waals surface area (Å²) in [6, 6.07) is 13.8. The number of benzene rings is 2. The summed E-state index contributed by atoms with van der Waals surface area (Å²) in [7, 11) is 0. The van der Waals surface area contributed by atoms with Gasteiger partial charge in [0, 0.05) is 6.42 Å². The maximum Gasteiger partial charge on any atom is 0.0836 e. The number of rotatable bonds is 14. The normalized spacial score (nSPS) is 15.0. The number of aliphatic hydroxyl groups is 1. The number of aliphatic hydroxyl groups excluding tert-OH is 1. The number of aryl methyl sites for hydroxylation is 2. The third-order valence-corrected chi connectivity index (χ3v) is 6.99. The minimum absolute atomic E-state index is 0.365. The molecule has 1 aliphatic carbocycles. The lowest BCUT2D eigenvalue weighted by atomic mass is 9.81. The first-order valence-corrected chi connectivity index (χ1v) is 13.2. The van der Waals surface area contributed by atoms with Crippen LogP contribution in [0.1, 0.15) is 119 Å². The average Bonchev–Trinajstić information content (AvgIpc) is 2.78. The molecule has 0 saturated carbocycles. The van der Waals surface area contributed by atoms with Gasteiger partial charge in [0.1, 0.15) is 0 Å². The minimum Gasteiger partial charge on any atom is -0.388 e. The standard InChI is InChI=1S/C30H44O/c1-3-5-7-9-11-13-15-24-17-19-27-26(21-24)23-30(31)29-22-25(18-20-28(27)29)16-14-12-10-8-6-4-2/h17-22,30-31H,3-16,23H2,1-2H3. The van der Waals surface area contributed by atoms with Gasteiger partial charge in [0.05, 0.1) is 6.10 Å². The highest BCUT2D eigenvalue weighted by Crippen LogP contribution is 2.39. The minimum atomic E-state index is -0.365. The zero-order valence-corrected chi connectivity index (χ0v) is 20.1. The molecule has 0 aromatic heterocycles. The second-order valence-corrected chi connectivity index (χ2v) is 9.67. The Hall–Kier alpha value is -1.60. The fourth-order valence-electron chi connectivity index (χ4n) is 5.06. The van der Waals surface area contributed by atoms with Crippen LogP contribution in [0.4, 0.5) is 0 Å². The van der Waals surface area contributed by atoms with Crippen LogP contribution in [0, 0.1) is 0 Å². The Morgan fingerprint density at radius 1 is 0.645 bits per heavy atom. The van der Waals surface area contributed by atoms with Crippen molar-refractivity contribution in [1.29, 1.82) is 0 Å². The molecule has 0 radical (unpaired) electrons. The smallest absolute Gasteiger partial charge is 0.0836 e. The molecule has 0 bridgehead atoms. The predicted molar refractivity (Wildman–Crippen MR) is 135 cm³/mol. The summed E-state index contributed by atoms with van der Waals surface area (Å²) in [4.78, 5) is 0. The molecule has 0 aliphatic heterocycles. The molecule has 1 aliphatic rings. The molecule has 1 N–H and O–H groups in total. The fourth-order valence-corrected chi connectivity index (χ4v) is 5.06. The van der Waals surface area contributed by atoms with Gasteiger partial charge in [0.15, 0.2) is 0 Å². The van der Waals surface area contributed by atoms with Crippen LogP contribution in [0.2, 0.25) is 0 Å². The highest BCUT2D eigenvalue weighted by molar-refractivity contribution is 5.74. The molecule has 0 spiro atoms. The summed E-state index contributed by atoms with van der Waals surface area (Å²) >= 11 is 0. The van der Waals surface area contributed by atoms with E-state index in [1.165, 1.54) is 111 Å². The number of fused-ring (bicyclic) bond motifs is 3. The third-order valence-electron chi connectivity index (χ3n) is 6.99. The SMILES string of the molecule is CCCCCCCCc1ccc2c(c1)CC(O)c1cc(CCCCCCCC)ccc1-2. The van der Waals surface area contributed by atoms with Gasteiger partial charge < -0.3 is 5.11 Å². The molecule has 1 unspecified atom stereocenters. The second kappa shape index (κ2) is 13.1. The largest absolute Gasteiger partial charge is 0.388 e. The van der Waals surface area contributed by atoms with Crippen LogP contribution < -0.4 is 0 Å². The van der Waals surface area contributed by atoms with E-state index in [-0.39, 0.29) is 6.10 Å². The maximum absolute atomic E-state index is 10.9. The van der Waals surface area contributed by atoms with E-state index in [9.17, 15) is 5.11 Å². The van der Waals surface area contributed by atoms with Gasteiger partial charge in [-0.15, -0.1) is 0 Å². The lowest BCUT2D eigenvalue weighted by Gasteiger charge is -2.26. The zero-order valence-electron chi connectivity index (χ0n) is 20.1. The van der Waals surface area contributed by atoms with Crippen LogP contribution >= 0.6 is 0 Å². The molecular weight excluding hydrogens is 376 g/mol. The van der Waals surface area contributed by atoms with E-state index in [0.29, 0.717) is 0 Å². The van der Waals surface area contributed by atoms with Crippen LogP contribution in [0.5, 0.6) is 0 Å². The molecule has 0 heterocycles. The molecule has 0 fully saturated rings. The van der Waals surface area contributed by atoms with E-state index < -0.39 is 0 Å². The molecule has 31 heavy (non-hydrogen) atoms. The van der Waals surface area contributed by atoms with Crippen molar-refractivity contribution in [3.63, 3.8) is 0 Å². The number of hydrogen-bond acceptors (Lipinski definition) is 1.